The lowest BCUT2D eigenvalue weighted by Crippen LogP contribution is -2.14. The van der Waals surface area contributed by atoms with Crippen molar-refractivity contribution in [2.24, 2.45) is 0 Å². The van der Waals surface area contributed by atoms with E-state index in [0.29, 0.717) is 21.6 Å². The van der Waals surface area contributed by atoms with E-state index in [9.17, 15) is 4.79 Å². The number of ether oxygens (including phenoxy) is 2. The average molecular weight is 367 g/mol. The Balaban J connectivity index is 1.58. The van der Waals surface area contributed by atoms with Gasteiger partial charge in [-0.05, 0) is 25.1 Å². The number of fused-ring (bicyclic) bond motifs is 1. The summed E-state index contributed by atoms with van der Waals surface area (Å²) < 4.78 is 12.0. The summed E-state index contributed by atoms with van der Waals surface area (Å²) in [6, 6.07) is 6.79. The standard InChI is InChI=1S/C15H12Cl2N4O3/c1-9-5-6-18-15-19-13(20-21(9)15)14(22)24-8-7-23-12-10(16)3-2-4-11(12)17/h2-6H,7-8H2,1H3. The van der Waals surface area contributed by atoms with E-state index in [2.05, 4.69) is 15.1 Å². The van der Waals surface area contributed by atoms with Crippen molar-refractivity contribution in [3.63, 3.8) is 0 Å². The first-order chi connectivity index (χ1) is 11.6. The van der Waals surface area contributed by atoms with E-state index in [0.717, 1.165) is 5.69 Å². The molecule has 0 saturated carbocycles. The van der Waals surface area contributed by atoms with Gasteiger partial charge in [0.25, 0.3) is 11.6 Å². The van der Waals surface area contributed by atoms with Gasteiger partial charge in [-0.3, -0.25) is 0 Å². The Morgan fingerprint density at radius 1 is 1.21 bits per heavy atom. The van der Waals surface area contributed by atoms with E-state index in [1.165, 1.54) is 4.52 Å². The summed E-state index contributed by atoms with van der Waals surface area (Å²) in [6.45, 7) is 1.93. The number of aryl methyl sites for hydroxylation is 1. The maximum Gasteiger partial charge on any atom is 0.378 e. The van der Waals surface area contributed by atoms with Crippen molar-refractivity contribution in [1.82, 2.24) is 19.6 Å². The highest BCUT2D eigenvalue weighted by atomic mass is 35.5. The summed E-state index contributed by atoms with van der Waals surface area (Å²) in [6.07, 6.45) is 1.59. The number of halogens is 2. The number of rotatable bonds is 5. The van der Waals surface area contributed by atoms with E-state index in [1.54, 1.807) is 30.5 Å². The Bertz CT molecular complexity index is 877. The molecule has 9 heteroatoms. The second-order valence-electron chi connectivity index (χ2n) is 4.77. The minimum atomic E-state index is -0.659. The lowest BCUT2D eigenvalue weighted by molar-refractivity contribution is 0.0437. The summed E-state index contributed by atoms with van der Waals surface area (Å²) in [7, 11) is 0. The highest BCUT2D eigenvalue weighted by Gasteiger charge is 2.16. The molecule has 0 N–H and O–H groups in total. The van der Waals surface area contributed by atoms with Crippen LogP contribution in [-0.2, 0) is 4.74 Å². The van der Waals surface area contributed by atoms with Crippen LogP contribution in [0.5, 0.6) is 5.75 Å². The molecule has 24 heavy (non-hydrogen) atoms. The monoisotopic (exact) mass is 366 g/mol. The van der Waals surface area contributed by atoms with Gasteiger partial charge in [0.05, 0.1) is 10.0 Å². The molecule has 0 unspecified atom stereocenters. The molecule has 0 spiro atoms. The molecule has 0 aliphatic rings. The maximum atomic E-state index is 12.0. The van der Waals surface area contributed by atoms with E-state index in [1.807, 2.05) is 6.92 Å². The Morgan fingerprint density at radius 3 is 2.67 bits per heavy atom. The molecule has 0 fully saturated rings. The third-order valence-electron chi connectivity index (χ3n) is 3.09. The minimum absolute atomic E-state index is 0.00233. The van der Waals surface area contributed by atoms with Crippen LogP contribution >= 0.6 is 23.2 Å². The van der Waals surface area contributed by atoms with E-state index >= 15 is 0 Å². The Hall–Kier alpha value is -2.38. The van der Waals surface area contributed by atoms with Crippen molar-refractivity contribution in [2.75, 3.05) is 13.2 Å². The van der Waals surface area contributed by atoms with Gasteiger partial charge in [0.15, 0.2) is 5.75 Å². The predicted octanol–water partition coefficient (Wildman–Crippen LogP) is 2.98. The predicted molar refractivity (Wildman–Crippen MR) is 87.8 cm³/mol. The zero-order valence-electron chi connectivity index (χ0n) is 12.6. The molecule has 124 valence electrons. The van der Waals surface area contributed by atoms with Gasteiger partial charge >= 0.3 is 5.97 Å². The van der Waals surface area contributed by atoms with Gasteiger partial charge in [-0.25, -0.2) is 14.3 Å². The fourth-order valence-corrected chi connectivity index (χ4v) is 2.46. The quantitative estimate of drug-likeness (QED) is 0.510. The first-order valence-electron chi connectivity index (χ1n) is 6.98. The summed E-state index contributed by atoms with van der Waals surface area (Å²) >= 11 is 12.0. The normalized spacial score (nSPS) is 10.8. The SMILES string of the molecule is Cc1ccnc2nc(C(=O)OCCOc3c(Cl)cccc3Cl)nn12. The number of para-hydroxylation sites is 1. The number of carbonyl (C=O) groups excluding carboxylic acids is 1. The number of benzene rings is 1. The zero-order valence-corrected chi connectivity index (χ0v) is 14.1. The van der Waals surface area contributed by atoms with Crippen molar-refractivity contribution >= 4 is 34.9 Å². The summed E-state index contributed by atoms with van der Waals surface area (Å²) in [4.78, 5) is 20.0. The number of hydrogen-bond acceptors (Lipinski definition) is 6. The third kappa shape index (κ3) is 3.42. The molecule has 2 aromatic heterocycles. The molecule has 0 radical (unpaired) electrons. The van der Waals surface area contributed by atoms with Crippen molar-refractivity contribution in [2.45, 2.75) is 6.92 Å². The fraction of sp³-hybridized carbons (Fsp3) is 0.200. The number of aromatic nitrogens is 4. The van der Waals surface area contributed by atoms with Gasteiger partial charge in [-0.15, -0.1) is 5.10 Å². The molecule has 1 aromatic carbocycles. The molecular formula is C15H12Cl2N4O3. The summed E-state index contributed by atoms with van der Waals surface area (Å²) in [5, 5.41) is 4.84. The molecule has 0 aliphatic carbocycles. The first-order valence-corrected chi connectivity index (χ1v) is 7.74. The van der Waals surface area contributed by atoms with E-state index < -0.39 is 5.97 Å². The van der Waals surface area contributed by atoms with Gasteiger partial charge in [0.2, 0.25) is 0 Å². The lowest BCUT2D eigenvalue weighted by atomic mass is 10.3. The number of esters is 1. The summed E-state index contributed by atoms with van der Waals surface area (Å²) in [5.41, 5.74) is 0.809. The van der Waals surface area contributed by atoms with Crippen LogP contribution < -0.4 is 4.74 Å². The van der Waals surface area contributed by atoms with Gasteiger partial charge in [-0.1, -0.05) is 29.3 Å². The molecule has 0 amide bonds. The van der Waals surface area contributed by atoms with Crippen LogP contribution in [0.25, 0.3) is 5.78 Å². The molecule has 2 heterocycles. The molecule has 0 aliphatic heterocycles. The van der Waals surface area contributed by atoms with Crippen molar-refractivity contribution in [3.05, 3.63) is 52.0 Å². The van der Waals surface area contributed by atoms with Crippen LogP contribution in [0, 0.1) is 6.92 Å². The Kier molecular flexibility index (Phi) is 4.82. The van der Waals surface area contributed by atoms with Crippen LogP contribution in [0.2, 0.25) is 10.0 Å². The van der Waals surface area contributed by atoms with E-state index in [4.69, 9.17) is 32.7 Å². The highest BCUT2D eigenvalue weighted by Crippen LogP contribution is 2.32. The molecule has 3 rings (SSSR count). The largest absolute Gasteiger partial charge is 0.487 e. The smallest absolute Gasteiger partial charge is 0.378 e. The van der Waals surface area contributed by atoms with E-state index in [-0.39, 0.29) is 19.0 Å². The third-order valence-corrected chi connectivity index (χ3v) is 3.69. The van der Waals surface area contributed by atoms with Gasteiger partial charge < -0.3 is 9.47 Å². The summed E-state index contributed by atoms with van der Waals surface area (Å²) in [5.74, 6) is -0.0371. The highest BCUT2D eigenvalue weighted by molar-refractivity contribution is 6.37. The van der Waals surface area contributed by atoms with Crippen molar-refractivity contribution in [3.8, 4) is 5.75 Å². The Morgan fingerprint density at radius 2 is 1.96 bits per heavy atom. The minimum Gasteiger partial charge on any atom is -0.487 e. The van der Waals surface area contributed by atoms with Crippen LogP contribution in [0.15, 0.2) is 30.5 Å². The van der Waals surface area contributed by atoms with Crippen LogP contribution in [-0.4, -0.2) is 38.8 Å². The zero-order chi connectivity index (χ0) is 17.1. The molecular weight excluding hydrogens is 355 g/mol. The van der Waals surface area contributed by atoms with Crippen LogP contribution in [0.3, 0.4) is 0 Å². The number of nitrogens with zero attached hydrogens (tertiary/aromatic N) is 4. The van der Waals surface area contributed by atoms with Crippen molar-refractivity contribution in [1.29, 1.82) is 0 Å². The van der Waals surface area contributed by atoms with Crippen LogP contribution in [0.4, 0.5) is 0 Å². The molecule has 0 saturated heterocycles. The molecule has 0 atom stereocenters. The number of carbonyl (C=O) groups is 1. The van der Waals surface area contributed by atoms with Crippen molar-refractivity contribution < 1.29 is 14.3 Å². The van der Waals surface area contributed by atoms with Gasteiger partial charge in [0.1, 0.15) is 13.2 Å². The maximum absolute atomic E-state index is 12.0. The average Bonchev–Trinajstić information content (AvgIpc) is 2.99. The lowest BCUT2D eigenvalue weighted by Gasteiger charge is -2.09. The fourth-order valence-electron chi connectivity index (χ4n) is 1.96. The molecule has 0 bridgehead atoms. The number of hydrogen-bond donors (Lipinski definition) is 0. The topological polar surface area (TPSA) is 78.6 Å². The molecule has 7 nitrogen and oxygen atoms in total. The second-order valence-corrected chi connectivity index (χ2v) is 5.58. The molecule has 3 aromatic rings. The Labute approximate surface area is 147 Å². The second kappa shape index (κ2) is 7.02. The van der Waals surface area contributed by atoms with Crippen LogP contribution in [0.1, 0.15) is 16.3 Å². The first kappa shape index (κ1) is 16.5. The van der Waals surface area contributed by atoms with Gasteiger partial charge in [0, 0.05) is 11.9 Å². The van der Waals surface area contributed by atoms with Gasteiger partial charge in [-0.2, -0.15) is 4.98 Å².